The van der Waals surface area contributed by atoms with Crippen LogP contribution in [-0.2, 0) is 11.4 Å². The summed E-state index contributed by atoms with van der Waals surface area (Å²) in [5.74, 6) is 0.0477. The number of furan rings is 1. The van der Waals surface area contributed by atoms with Gasteiger partial charge in [0.2, 0.25) is 5.76 Å². The largest absolute Gasteiger partial charge is 0.496 e. The summed E-state index contributed by atoms with van der Waals surface area (Å²) in [6.45, 7) is -0.00376. The van der Waals surface area contributed by atoms with Gasteiger partial charge in [-0.05, 0) is 42.5 Å². The number of carbonyl (C=O) groups is 1. The van der Waals surface area contributed by atoms with Crippen molar-refractivity contribution in [3.05, 3.63) is 86.8 Å². The van der Waals surface area contributed by atoms with Gasteiger partial charge in [-0.15, -0.1) is 0 Å². The molecule has 3 aromatic rings. The molecule has 1 heterocycles. The number of hydrogen-bond donors (Lipinski definition) is 1. The molecule has 0 radical (unpaired) electrons. The summed E-state index contributed by atoms with van der Waals surface area (Å²) in [6, 6.07) is 13.2. The standard InChI is InChI=1S/C20H16ClN3O7/c1-28-17-8-2-12(21)10-16(17)19(22)23-31-20(25)18-9-7-15(30-18)11-29-14-5-3-13(4-6-14)24(26)27/h2-10H,11H2,1H3,(H2,22,23). The van der Waals surface area contributed by atoms with Crippen LogP contribution in [0.25, 0.3) is 0 Å². The highest BCUT2D eigenvalue weighted by Crippen LogP contribution is 2.23. The number of nitrogens with zero attached hydrogens (tertiary/aromatic N) is 2. The lowest BCUT2D eigenvalue weighted by molar-refractivity contribution is -0.384. The fraction of sp³-hybridized carbons (Fsp3) is 0.100. The van der Waals surface area contributed by atoms with E-state index in [9.17, 15) is 14.9 Å². The Morgan fingerprint density at radius 3 is 2.61 bits per heavy atom. The summed E-state index contributed by atoms with van der Waals surface area (Å²) in [7, 11) is 1.45. The highest BCUT2D eigenvalue weighted by atomic mass is 35.5. The molecule has 0 fully saturated rings. The number of nitro benzene ring substituents is 1. The van der Waals surface area contributed by atoms with Crippen LogP contribution in [0.3, 0.4) is 0 Å². The number of halogens is 1. The second-order valence-corrected chi connectivity index (χ2v) is 6.44. The van der Waals surface area contributed by atoms with Gasteiger partial charge in [0.05, 0.1) is 17.6 Å². The Bertz CT molecular complexity index is 1130. The predicted molar refractivity (Wildman–Crippen MR) is 110 cm³/mol. The summed E-state index contributed by atoms with van der Waals surface area (Å²) >= 11 is 5.94. The first kappa shape index (κ1) is 21.7. The van der Waals surface area contributed by atoms with Crippen LogP contribution in [-0.4, -0.2) is 23.8 Å². The maximum Gasteiger partial charge on any atom is 0.400 e. The van der Waals surface area contributed by atoms with Gasteiger partial charge >= 0.3 is 5.97 Å². The maximum absolute atomic E-state index is 12.2. The summed E-state index contributed by atoms with van der Waals surface area (Å²) in [6.07, 6.45) is 0. The third-order valence-corrected chi connectivity index (χ3v) is 4.19. The fourth-order valence-corrected chi connectivity index (χ4v) is 2.62. The number of nitro groups is 1. The Labute approximate surface area is 180 Å². The molecule has 0 atom stereocenters. The minimum Gasteiger partial charge on any atom is -0.496 e. The number of oxime groups is 1. The first-order chi connectivity index (χ1) is 14.9. The molecule has 3 rings (SSSR count). The molecule has 31 heavy (non-hydrogen) atoms. The van der Waals surface area contributed by atoms with Crippen molar-refractivity contribution < 1.29 is 28.4 Å². The Kier molecular flexibility index (Phi) is 6.73. The number of methoxy groups -OCH3 is 1. The van der Waals surface area contributed by atoms with Crippen LogP contribution in [0, 0.1) is 10.1 Å². The third-order valence-electron chi connectivity index (χ3n) is 3.96. The second-order valence-electron chi connectivity index (χ2n) is 6.01. The van der Waals surface area contributed by atoms with Gasteiger partial charge in [-0.3, -0.25) is 10.1 Å². The Hall–Kier alpha value is -4.05. The van der Waals surface area contributed by atoms with Crippen LogP contribution in [0.1, 0.15) is 21.9 Å². The van der Waals surface area contributed by atoms with Gasteiger partial charge in [-0.1, -0.05) is 16.8 Å². The molecule has 2 aromatic carbocycles. The zero-order valence-electron chi connectivity index (χ0n) is 16.1. The van der Waals surface area contributed by atoms with Crippen molar-refractivity contribution in [2.45, 2.75) is 6.61 Å². The number of hydrogen-bond acceptors (Lipinski definition) is 8. The maximum atomic E-state index is 12.2. The van der Waals surface area contributed by atoms with Gasteiger partial charge < -0.3 is 24.5 Å². The molecule has 0 bridgehead atoms. The van der Waals surface area contributed by atoms with Crippen molar-refractivity contribution in [3.63, 3.8) is 0 Å². The van der Waals surface area contributed by atoms with Crippen LogP contribution >= 0.6 is 11.6 Å². The lowest BCUT2D eigenvalue weighted by Crippen LogP contribution is -2.16. The number of rotatable bonds is 8. The highest BCUT2D eigenvalue weighted by Gasteiger charge is 2.15. The number of non-ortho nitro benzene ring substituents is 1. The Morgan fingerprint density at radius 2 is 1.94 bits per heavy atom. The van der Waals surface area contributed by atoms with E-state index in [4.69, 9.17) is 36.1 Å². The topological polar surface area (TPSA) is 139 Å². The summed E-state index contributed by atoms with van der Waals surface area (Å²) in [4.78, 5) is 27.1. The normalized spacial score (nSPS) is 11.1. The second kappa shape index (κ2) is 9.63. The predicted octanol–water partition coefficient (Wildman–Crippen LogP) is 3.91. The van der Waals surface area contributed by atoms with Crippen LogP contribution in [0.4, 0.5) is 5.69 Å². The molecule has 0 saturated carbocycles. The van der Waals surface area contributed by atoms with Gasteiger partial charge in [-0.25, -0.2) is 4.79 Å². The molecule has 0 saturated heterocycles. The molecule has 1 aromatic heterocycles. The SMILES string of the molecule is COc1ccc(Cl)cc1/C(N)=N/OC(=O)c1ccc(COc2ccc([N+](=O)[O-])cc2)o1. The Morgan fingerprint density at radius 1 is 1.19 bits per heavy atom. The summed E-state index contributed by atoms with van der Waals surface area (Å²) in [5.41, 5.74) is 6.16. The van der Waals surface area contributed by atoms with E-state index in [0.29, 0.717) is 27.8 Å². The molecule has 11 heteroatoms. The van der Waals surface area contributed by atoms with E-state index in [1.807, 2.05) is 0 Å². The Balaban J connectivity index is 1.60. The summed E-state index contributed by atoms with van der Waals surface area (Å²) in [5, 5.41) is 14.7. The number of benzene rings is 2. The van der Waals surface area contributed by atoms with E-state index >= 15 is 0 Å². The van der Waals surface area contributed by atoms with E-state index in [0.717, 1.165) is 0 Å². The number of carbonyl (C=O) groups excluding carboxylic acids is 1. The van der Waals surface area contributed by atoms with Gasteiger partial charge in [0.1, 0.15) is 23.9 Å². The quantitative estimate of drug-likeness (QED) is 0.181. The molecule has 10 nitrogen and oxygen atoms in total. The van der Waals surface area contributed by atoms with Gasteiger partial charge in [0, 0.05) is 17.2 Å². The number of ether oxygens (including phenoxy) is 2. The van der Waals surface area contributed by atoms with Crippen LogP contribution in [0.5, 0.6) is 11.5 Å². The van der Waals surface area contributed by atoms with Crippen molar-refractivity contribution in [2.75, 3.05) is 7.11 Å². The molecule has 0 spiro atoms. The van der Waals surface area contributed by atoms with Crippen molar-refractivity contribution in [1.29, 1.82) is 0 Å². The molecule has 2 N–H and O–H groups in total. The third kappa shape index (κ3) is 5.52. The molecular formula is C20H16ClN3O7. The zero-order chi connectivity index (χ0) is 22.4. The van der Waals surface area contributed by atoms with E-state index < -0.39 is 10.9 Å². The van der Waals surface area contributed by atoms with E-state index in [-0.39, 0.29) is 23.9 Å². The average Bonchev–Trinajstić information content (AvgIpc) is 3.25. The lowest BCUT2D eigenvalue weighted by Gasteiger charge is -2.07. The molecule has 0 aliphatic heterocycles. The molecule has 0 aliphatic rings. The van der Waals surface area contributed by atoms with Crippen molar-refractivity contribution >= 4 is 29.1 Å². The molecule has 0 unspecified atom stereocenters. The van der Waals surface area contributed by atoms with Crippen molar-refractivity contribution in [1.82, 2.24) is 0 Å². The van der Waals surface area contributed by atoms with Gasteiger partial charge in [0.25, 0.3) is 5.69 Å². The highest BCUT2D eigenvalue weighted by molar-refractivity contribution is 6.31. The fourth-order valence-electron chi connectivity index (χ4n) is 2.45. The van der Waals surface area contributed by atoms with Crippen LogP contribution < -0.4 is 15.2 Å². The van der Waals surface area contributed by atoms with Crippen molar-refractivity contribution in [2.24, 2.45) is 10.9 Å². The summed E-state index contributed by atoms with van der Waals surface area (Å²) < 4.78 is 16.0. The van der Waals surface area contributed by atoms with E-state index in [1.54, 1.807) is 12.1 Å². The van der Waals surface area contributed by atoms with Crippen molar-refractivity contribution in [3.8, 4) is 11.5 Å². The minimum atomic E-state index is -0.870. The average molecular weight is 446 g/mol. The van der Waals surface area contributed by atoms with Crippen LogP contribution in [0.15, 0.2) is 64.2 Å². The number of nitrogens with two attached hydrogens (primary N) is 1. The molecule has 0 aliphatic carbocycles. The zero-order valence-corrected chi connectivity index (χ0v) is 16.9. The monoisotopic (exact) mass is 445 g/mol. The molecule has 160 valence electrons. The minimum absolute atomic E-state index is 0.00376. The number of amidine groups is 1. The van der Waals surface area contributed by atoms with E-state index in [1.165, 1.54) is 49.6 Å². The molecule has 0 amide bonds. The lowest BCUT2D eigenvalue weighted by atomic mass is 10.2. The first-order valence-electron chi connectivity index (χ1n) is 8.72. The van der Waals surface area contributed by atoms with Gasteiger partial charge in [0.15, 0.2) is 5.84 Å². The van der Waals surface area contributed by atoms with Gasteiger partial charge in [-0.2, -0.15) is 0 Å². The van der Waals surface area contributed by atoms with Crippen LogP contribution in [0.2, 0.25) is 5.02 Å². The van der Waals surface area contributed by atoms with E-state index in [2.05, 4.69) is 5.16 Å². The molecular weight excluding hydrogens is 430 g/mol. The smallest absolute Gasteiger partial charge is 0.400 e. The first-order valence-corrected chi connectivity index (χ1v) is 9.10.